The second kappa shape index (κ2) is 7.59. The van der Waals surface area contributed by atoms with Gasteiger partial charge < -0.3 is 14.2 Å². The molecule has 23 heavy (non-hydrogen) atoms. The van der Waals surface area contributed by atoms with E-state index in [0.717, 1.165) is 37.6 Å². The van der Waals surface area contributed by atoms with Crippen molar-refractivity contribution < 1.29 is 9.84 Å². The second-order valence-corrected chi connectivity index (χ2v) is 6.55. The fourth-order valence-electron chi connectivity index (χ4n) is 2.93. The lowest BCUT2D eigenvalue weighted by atomic mass is 10.2. The average molecular weight is 339 g/mol. The van der Waals surface area contributed by atoms with E-state index in [1.165, 1.54) is 0 Å². The molecule has 2 aromatic heterocycles. The Bertz CT molecular complexity index is 642. The summed E-state index contributed by atoms with van der Waals surface area (Å²) >= 11 is 5.99. The lowest BCUT2D eigenvalue weighted by Crippen LogP contribution is -2.43. The molecule has 3 heterocycles. The van der Waals surface area contributed by atoms with Crippen LogP contribution in [0, 0.1) is 0 Å². The van der Waals surface area contributed by atoms with Gasteiger partial charge in [-0.1, -0.05) is 11.6 Å². The fourth-order valence-corrected chi connectivity index (χ4v) is 3.10. The fraction of sp³-hybridized carbons (Fsp3) is 0.562. The Morgan fingerprint density at radius 1 is 1.35 bits per heavy atom. The highest BCUT2D eigenvalue weighted by Crippen LogP contribution is 2.12. The Balaban J connectivity index is 1.52. The van der Waals surface area contributed by atoms with Gasteiger partial charge in [0.2, 0.25) is 0 Å². The van der Waals surface area contributed by atoms with Gasteiger partial charge in [-0.05, 0) is 19.2 Å². The van der Waals surface area contributed by atoms with E-state index in [-0.39, 0.29) is 6.10 Å². The number of imidazole rings is 1. The van der Waals surface area contributed by atoms with Crippen LogP contribution in [0.15, 0.2) is 24.5 Å². The minimum Gasteiger partial charge on any atom is -0.390 e. The quantitative estimate of drug-likeness (QED) is 0.855. The second-order valence-electron chi connectivity index (χ2n) is 6.11. The number of pyridine rings is 1. The number of rotatable bonds is 6. The minimum absolute atomic E-state index is 0.371. The monoisotopic (exact) mass is 338 g/mol. The Kier molecular flexibility index (Phi) is 5.50. The molecule has 1 aliphatic heterocycles. The van der Waals surface area contributed by atoms with Crippen LogP contribution in [0.2, 0.25) is 5.02 Å². The molecule has 0 bridgehead atoms. The Morgan fingerprint density at radius 2 is 2.13 bits per heavy atom. The maximum Gasteiger partial charge on any atom is 0.137 e. The summed E-state index contributed by atoms with van der Waals surface area (Å²) in [6.45, 7) is 5.31. The van der Waals surface area contributed by atoms with Gasteiger partial charge in [-0.2, -0.15) is 0 Å². The molecular weight excluding hydrogens is 316 g/mol. The van der Waals surface area contributed by atoms with Gasteiger partial charge >= 0.3 is 0 Å². The molecule has 6 nitrogen and oxygen atoms in total. The third-order valence-electron chi connectivity index (χ3n) is 3.99. The van der Waals surface area contributed by atoms with Gasteiger partial charge in [-0.3, -0.25) is 9.80 Å². The van der Waals surface area contributed by atoms with E-state index in [1.54, 1.807) is 0 Å². The molecule has 0 amide bonds. The molecule has 1 saturated heterocycles. The van der Waals surface area contributed by atoms with Crippen LogP contribution in [0.5, 0.6) is 0 Å². The number of morpholine rings is 1. The maximum absolute atomic E-state index is 10.3. The van der Waals surface area contributed by atoms with Crippen molar-refractivity contribution in [2.75, 3.05) is 46.4 Å². The van der Waals surface area contributed by atoms with Gasteiger partial charge in [0.1, 0.15) is 5.65 Å². The summed E-state index contributed by atoms with van der Waals surface area (Å²) in [6.07, 6.45) is 3.46. The summed E-state index contributed by atoms with van der Waals surface area (Å²) in [5, 5.41) is 10.9. The highest BCUT2D eigenvalue weighted by Gasteiger charge is 2.16. The number of aromatic nitrogens is 2. The van der Waals surface area contributed by atoms with Crippen molar-refractivity contribution >= 4 is 17.2 Å². The molecule has 7 heteroatoms. The summed E-state index contributed by atoms with van der Waals surface area (Å²) in [5.74, 6) is 0. The highest BCUT2D eigenvalue weighted by atomic mass is 35.5. The molecule has 0 saturated carbocycles. The first-order valence-corrected chi connectivity index (χ1v) is 8.28. The van der Waals surface area contributed by atoms with Crippen LogP contribution in [0.3, 0.4) is 0 Å². The van der Waals surface area contributed by atoms with E-state index in [4.69, 9.17) is 16.3 Å². The van der Waals surface area contributed by atoms with Gasteiger partial charge in [0.05, 0.1) is 30.0 Å². The van der Waals surface area contributed by atoms with Crippen molar-refractivity contribution in [2.45, 2.75) is 12.6 Å². The molecule has 0 spiro atoms. The number of nitrogens with zero attached hydrogens (tertiary/aromatic N) is 4. The van der Waals surface area contributed by atoms with Crippen LogP contribution < -0.4 is 0 Å². The molecule has 2 aromatic rings. The van der Waals surface area contributed by atoms with Crippen molar-refractivity contribution in [3.63, 3.8) is 0 Å². The van der Waals surface area contributed by atoms with Gasteiger partial charge in [0.15, 0.2) is 0 Å². The van der Waals surface area contributed by atoms with Crippen molar-refractivity contribution in [3.05, 3.63) is 35.2 Å². The lowest BCUT2D eigenvalue weighted by molar-refractivity contribution is 0.00820. The van der Waals surface area contributed by atoms with Crippen LogP contribution in [0.25, 0.3) is 5.65 Å². The number of halogens is 1. The first kappa shape index (κ1) is 16.7. The van der Waals surface area contributed by atoms with E-state index in [0.29, 0.717) is 24.7 Å². The summed E-state index contributed by atoms with van der Waals surface area (Å²) in [7, 11) is 2.00. The molecule has 3 rings (SSSR count). The predicted molar refractivity (Wildman–Crippen MR) is 89.8 cm³/mol. The minimum atomic E-state index is -0.371. The predicted octanol–water partition coefficient (Wildman–Crippen LogP) is 1.11. The number of fused-ring (bicyclic) bond motifs is 1. The van der Waals surface area contributed by atoms with Crippen molar-refractivity contribution in [1.29, 1.82) is 0 Å². The van der Waals surface area contributed by atoms with Crippen molar-refractivity contribution in [1.82, 2.24) is 19.2 Å². The zero-order chi connectivity index (χ0) is 16.2. The number of ether oxygens (including phenoxy) is 1. The largest absolute Gasteiger partial charge is 0.390 e. The molecule has 1 aliphatic rings. The van der Waals surface area contributed by atoms with Crippen LogP contribution in [-0.4, -0.2) is 76.8 Å². The zero-order valence-corrected chi connectivity index (χ0v) is 14.1. The van der Waals surface area contributed by atoms with E-state index in [2.05, 4.69) is 14.8 Å². The summed E-state index contributed by atoms with van der Waals surface area (Å²) in [5.41, 5.74) is 1.85. The highest BCUT2D eigenvalue weighted by molar-refractivity contribution is 6.30. The molecule has 0 aromatic carbocycles. The molecule has 126 valence electrons. The smallest absolute Gasteiger partial charge is 0.137 e. The summed E-state index contributed by atoms with van der Waals surface area (Å²) in [4.78, 5) is 8.91. The zero-order valence-electron chi connectivity index (χ0n) is 13.4. The maximum atomic E-state index is 10.3. The molecule has 1 unspecified atom stereocenters. The molecular formula is C16H23ClN4O2. The van der Waals surface area contributed by atoms with E-state index in [1.807, 2.05) is 36.0 Å². The first-order valence-electron chi connectivity index (χ1n) is 7.90. The topological polar surface area (TPSA) is 53.2 Å². The van der Waals surface area contributed by atoms with Gasteiger partial charge in [0.25, 0.3) is 0 Å². The first-order chi connectivity index (χ1) is 11.1. The van der Waals surface area contributed by atoms with Gasteiger partial charge in [-0.15, -0.1) is 0 Å². The molecule has 1 N–H and O–H groups in total. The number of aliphatic hydroxyl groups is 1. The van der Waals surface area contributed by atoms with Gasteiger partial charge in [0, 0.05) is 45.1 Å². The van der Waals surface area contributed by atoms with Crippen LogP contribution in [0.1, 0.15) is 5.69 Å². The van der Waals surface area contributed by atoms with Gasteiger partial charge in [-0.25, -0.2) is 4.98 Å². The van der Waals surface area contributed by atoms with E-state index < -0.39 is 0 Å². The Labute approximate surface area is 141 Å². The number of likely N-dealkylation sites (N-methyl/N-ethyl adjacent to an activating group) is 1. The van der Waals surface area contributed by atoms with Crippen LogP contribution >= 0.6 is 11.6 Å². The third kappa shape index (κ3) is 4.65. The number of hydrogen-bond donors (Lipinski definition) is 1. The van der Waals surface area contributed by atoms with Crippen LogP contribution in [0.4, 0.5) is 0 Å². The number of hydrogen-bond acceptors (Lipinski definition) is 5. The summed E-state index contributed by atoms with van der Waals surface area (Å²) in [6, 6.07) is 3.74. The molecule has 1 atom stereocenters. The molecule has 1 fully saturated rings. The van der Waals surface area contributed by atoms with E-state index >= 15 is 0 Å². The molecule has 0 radical (unpaired) electrons. The van der Waals surface area contributed by atoms with E-state index in [9.17, 15) is 5.11 Å². The average Bonchev–Trinajstić information content (AvgIpc) is 2.89. The normalized spacial score (nSPS) is 17.9. The number of aliphatic hydroxyl groups excluding tert-OH is 1. The standard InChI is InChI=1S/C16H23ClN4O2/c1-19(11-15(22)12-20-4-6-23-7-5-20)9-14-10-21-8-13(17)2-3-16(21)18-14/h2-3,8,10,15,22H,4-7,9,11-12H2,1H3. The Morgan fingerprint density at radius 3 is 2.91 bits per heavy atom. The lowest BCUT2D eigenvalue weighted by Gasteiger charge is -2.29. The van der Waals surface area contributed by atoms with Crippen LogP contribution in [-0.2, 0) is 11.3 Å². The third-order valence-corrected chi connectivity index (χ3v) is 4.22. The number of β-amino-alcohol motifs (C(OH)–C–C–N with tert-alkyl or cyclic N) is 1. The Hall–Kier alpha value is -1.18. The van der Waals surface area contributed by atoms with Crippen molar-refractivity contribution in [3.8, 4) is 0 Å². The summed E-state index contributed by atoms with van der Waals surface area (Å²) < 4.78 is 7.25. The van der Waals surface area contributed by atoms with Crippen molar-refractivity contribution in [2.24, 2.45) is 0 Å². The molecule has 0 aliphatic carbocycles. The SMILES string of the molecule is CN(Cc1cn2cc(Cl)ccc2n1)CC(O)CN1CCOCC1.